The SMILES string of the molecule is Cc1c(C(=O)N2CCC[C@@H](Cc3ccn[nH]3)C2)oc2ccccc12. The number of H-pyrrole nitrogens is 1. The maximum Gasteiger partial charge on any atom is 0.289 e. The highest BCUT2D eigenvalue weighted by Crippen LogP contribution is 2.28. The van der Waals surface area contributed by atoms with Gasteiger partial charge < -0.3 is 9.32 Å². The number of hydrogen-bond donors (Lipinski definition) is 1. The van der Waals surface area contributed by atoms with E-state index in [1.165, 1.54) is 0 Å². The van der Waals surface area contributed by atoms with Crippen molar-refractivity contribution >= 4 is 16.9 Å². The van der Waals surface area contributed by atoms with E-state index in [0.29, 0.717) is 11.7 Å². The molecule has 4 rings (SSSR count). The van der Waals surface area contributed by atoms with E-state index in [0.717, 1.165) is 54.6 Å². The summed E-state index contributed by atoms with van der Waals surface area (Å²) in [5.74, 6) is 0.962. The number of piperidine rings is 1. The van der Waals surface area contributed by atoms with Crippen molar-refractivity contribution in [3.05, 3.63) is 53.5 Å². The first-order valence-corrected chi connectivity index (χ1v) is 8.48. The van der Waals surface area contributed by atoms with Gasteiger partial charge in [0.15, 0.2) is 5.76 Å². The van der Waals surface area contributed by atoms with Crippen molar-refractivity contribution in [1.29, 1.82) is 0 Å². The number of aromatic amines is 1. The molecule has 0 spiro atoms. The van der Waals surface area contributed by atoms with E-state index in [9.17, 15) is 4.79 Å². The lowest BCUT2D eigenvalue weighted by Crippen LogP contribution is -2.40. The van der Waals surface area contributed by atoms with Crippen LogP contribution < -0.4 is 0 Å². The fraction of sp³-hybridized carbons (Fsp3) is 0.368. The molecule has 124 valence electrons. The lowest BCUT2D eigenvalue weighted by atomic mass is 9.93. The van der Waals surface area contributed by atoms with E-state index < -0.39 is 0 Å². The Kier molecular flexibility index (Phi) is 3.84. The molecule has 5 nitrogen and oxygen atoms in total. The molecule has 2 aromatic heterocycles. The van der Waals surface area contributed by atoms with E-state index in [4.69, 9.17) is 4.42 Å². The molecule has 1 aromatic carbocycles. The third-order valence-corrected chi connectivity index (χ3v) is 4.91. The fourth-order valence-corrected chi connectivity index (χ4v) is 3.65. The molecular weight excluding hydrogens is 302 g/mol. The van der Waals surface area contributed by atoms with Crippen LogP contribution in [-0.2, 0) is 6.42 Å². The number of aromatic nitrogens is 2. The van der Waals surface area contributed by atoms with Crippen LogP contribution in [0.15, 0.2) is 40.9 Å². The van der Waals surface area contributed by atoms with Crippen LogP contribution in [0.3, 0.4) is 0 Å². The third-order valence-electron chi connectivity index (χ3n) is 4.91. The van der Waals surface area contributed by atoms with Crippen molar-refractivity contribution in [3.63, 3.8) is 0 Å². The van der Waals surface area contributed by atoms with E-state index >= 15 is 0 Å². The molecular formula is C19H21N3O2. The van der Waals surface area contributed by atoms with Crippen LogP contribution in [0.2, 0.25) is 0 Å². The largest absolute Gasteiger partial charge is 0.451 e. The zero-order valence-corrected chi connectivity index (χ0v) is 13.8. The van der Waals surface area contributed by atoms with Gasteiger partial charge in [0, 0.05) is 35.9 Å². The molecule has 0 radical (unpaired) electrons. The quantitative estimate of drug-likeness (QED) is 0.801. The highest BCUT2D eigenvalue weighted by Gasteiger charge is 2.28. The number of nitrogens with one attached hydrogen (secondary N) is 1. The molecule has 0 unspecified atom stereocenters. The third kappa shape index (κ3) is 2.70. The molecule has 0 saturated carbocycles. The number of rotatable bonds is 3. The molecule has 5 heteroatoms. The summed E-state index contributed by atoms with van der Waals surface area (Å²) in [6, 6.07) is 9.82. The van der Waals surface area contributed by atoms with Crippen LogP contribution in [-0.4, -0.2) is 34.1 Å². The Balaban J connectivity index is 1.53. The zero-order valence-electron chi connectivity index (χ0n) is 13.8. The monoisotopic (exact) mass is 323 g/mol. The molecule has 1 saturated heterocycles. The molecule has 1 atom stereocenters. The van der Waals surface area contributed by atoms with E-state index in [-0.39, 0.29) is 5.91 Å². The molecule has 1 N–H and O–H groups in total. The molecule has 0 bridgehead atoms. The molecule has 1 aliphatic heterocycles. The van der Waals surface area contributed by atoms with Crippen molar-refractivity contribution in [2.24, 2.45) is 5.92 Å². The lowest BCUT2D eigenvalue weighted by Gasteiger charge is -2.32. The maximum atomic E-state index is 13.0. The average molecular weight is 323 g/mol. The van der Waals surface area contributed by atoms with Crippen molar-refractivity contribution in [1.82, 2.24) is 15.1 Å². The number of carbonyl (C=O) groups is 1. The smallest absolute Gasteiger partial charge is 0.289 e. The van der Waals surface area contributed by atoms with Gasteiger partial charge in [0.1, 0.15) is 5.58 Å². The Morgan fingerprint density at radius 1 is 1.38 bits per heavy atom. The summed E-state index contributed by atoms with van der Waals surface area (Å²) < 4.78 is 5.85. The lowest BCUT2D eigenvalue weighted by molar-refractivity contribution is 0.0642. The zero-order chi connectivity index (χ0) is 16.5. The van der Waals surface area contributed by atoms with E-state index in [1.807, 2.05) is 42.2 Å². The van der Waals surface area contributed by atoms with Gasteiger partial charge in [0.05, 0.1) is 0 Å². The number of likely N-dealkylation sites (tertiary alicyclic amines) is 1. The number of nitrogens with zero attached hydrogens (tertiary/aromatic N) is 2. The molecule has 3 aromatic rings. The minimum Gasteiger partial charge on any atom is -0.451 e. The summed E-state index contributed by atoms with van der Waals surface area (Å²) in [7, 11) is 0. The minimum atomic E-state index is 0.0120. The second-order valence-corrected chi connectivity index (χ2v) is 6.60. The van der Waals surface area contributed by atoms with Gasteiger partial charge in [-0.1, -0.05) is 18.2 Å². The summed E-state index contributed by atoms with van der Waals surface area (Å²) in [5, 5.41) is 8.04. The first-order valence-electron chi connectivity index (χ1n) is 8.48. The molecule has 1 amide bonds. The van der Waals surface area contributed by atoms with Gasteiger partial charge in [-0.15, -0.1) is 0 Å². The number of aryl methyl sites for hydroxylation is 1. The molecule has 1 fully saturated rings. The summed E-state index contributed by atoms with van der Waals surface area (Å²) in [6.45, 7) is 3.54. The second kappa shape index (κ2) is 6.15. The van der Waals surface area contributed by atoms with Gasteiger partial charge in [-0.05, 0) is 44.2 Å². The summed E-state index contributed by atoms with van der Waals surface area (Å²) in [5.41, 5.74) is 2.85. The predicted molar refractivity (Wildman–Crippen MR) is 91.9 cm³/mol. The number of benzene rings is 1. The first kappa shape index (κ1) is 15.0. The fourth-order valence-electron chi connectivity index (χ4n) is 3.65. The van der Waals surface area contributed by atoms with Crippen molar-refractivity contribution in [2.45, 2.75) is 26.2 Å². The van der Waals surface area contributed by atoms with Crippen LogP contribution in [0.25, 0.3) is 11.0 Å². The summed E-state index contributed by atoms with van der Waals surface area (Å²) >= 11 is 0. The summed E-state index contributed by atoms with van der Waals surface area (Å²) in [6.07, 6.45) is 4.88. The number of furan rings is 1. The average Bonchev–Trinajstić information content (AvgIpc) is 3.23. The highest BCUT2D eigenvalue weighted by atomic mass is 16.3. The van der Waals surface area contributed by atoms with Gasteiger partial charge >= 0.3 is 0 Å². The van der Waals surface area contributed by atoms with Gasteiger partial charge in [-0.3, -0.25) is 9.89 Å². The highest BCUT2D eigenvalue weighted by molar-refractivity contribution is 5.98. The van der Waals surface area contributed by atoms with Gasteiger partial charge in [-0.25, -0.2) is 0 Å². The number of amides is 1. The normalized spacial score (nSPS) is 18.2. The van der Waals surface area contributed by atoms with Crippen molar-refractivity contribution in [2.75, 3.05) is 13.1 Å². The minimum absolute atomic E-state index is 0.0120. The van der Waals surface area contributed by atoms with Crippen LogP contribution in [0, 0.1) is 12.8 Å². The Labute approximate surface area is 140 Å². The van der Waals surface area contributed by atoms with Crippen LogP contribution in [0.4, 0.5) is 0 Å². The van der Waals surface area contributed by atoms with Crippen molar-refractivity contribution in [3.8, 4) is 0 Å². The van der Waals surface area contributed by atoms with Crippen LogP contribution >= 0.6 is 0 Å². The molecule has 3 heterocycles. The Bertz CT molecular complexity index is 851. The van der Waals surface area contributed by atoms with Crippen LogP contribution in [0.1, 0.15) is 34.7 Å². The topological polar surface area (TPSA) is 62.1 Å². The second-order valence-electron chi connectivity index (χ2n) is 6.60. The first-order chi connectivity index (χ1) is 11.7. The number of hydrogen-bond acceptors (Lipinski definition) is 3. The number of fused-ring (bicyclic) bond motifs is 1. The molecule has 0 aliphatic carbocycles. The summed E-state index contributed by atoms with van der Waals surface area (Å²) in [4.78, 5) is 14.9. The number of para-hydroxylation sites is 1. The number of carbonyl (C=O) groups excluding carboxylic acids is 1. The van der Waals surface area contributed by atoms with E-state index in [1.54, 1.807) is 6.20 Å². The molecule has 24 heavy (non-hydrogen) atoms. The predicted octanol–water partition coefficient (Wildman–Crippen LogP) is 3.56. The Morgan fingerprint density at radius 2 is 2.25 bits per heavy atom. The Morgan fingerprint density at radius 3 is 3.04 bits per heavy atom. The standard InChI is InChI=1S/C19H21N3O2/c1-13-16-6-2-3-7-17(16)24-18(13)19(23)22-10-4-5-14(12-22)11-15-8-9-20-21-15/h2-3,6-9,14H,4-5,10-12H2,1H3,(H,20,21)/t14-/m0/s1. The van der Waals surface area contributed by atoms with Gasteiger partial charge in [0.2, 0.25) is 0 Å². The van der Waals surface area contributed by atoms with Crippen molar-refractivity contribution < 1.29 is 9.21 Å². The van der Waals surface area contributed by atoms with E-state index in [2.05, 4.69) is 10.2 Å². The van der Waals surface area contributed by atoms with Crippen LogP contribution in [0.5, 0.6) is 0 Å². The van der Waals surface area contributed by atoms with Gasteiger partial charge in [0.25, 0.3) is 5.91 Å². The Hall–Kier alpha value is -2.56. The maximum absolute atomic E-state index is 13.0. The molecule has 1 aliphatic rings. The van der Waals surface area contributed by atoms with Gasteiger partial charge in [-0.2, -0.15) is 5.10 Å².